The molecule has 1 saturated heterocycles. The number of hydrogen-bond acceptors (Lipinski definition) is 4. The number of likely N-dealkylation sites (tertiary alicyclic amines) is 1. The molecule has 3 aromatic rings. The summed E-state index contributed by atoms with van der Waals surface area (Å²) >= 11 is 0. The molecule has 0 radical (unpaired) electrons. The smallest absolute Gasteiger partial charge is 0.260 e. The Kier molecular flexibility index (Phi) is 3.78. The van der Waals surface area contributed by atoms with Gasteiger partial charge in [0.1, 0.15) is 0 Å². The molecule has 5 heteroatoms. The summed E-state index contributed by atoms with van der Waals surface area (Å²) in [6.45, 7) is 1.01. The first kappa shape index (κ1) is 14.9. The molecule has 2 atom stereocenters. The van der Waals surface area contributed by atoms with Gasteiger partial charge in [0.2, 0.25) is 5.95 Å². The van der Waals surface area contributed by atoms with E-state index in [0.717, 1.165) is 13.0 Å². The van der Waals surface area contributed by atoms with E-state index in [0.29, 0.717) is 16.9 Å². The van der Waals surface area contributed by atoms with Crippen molar-refractivity contribution in [1.29, 1.82) is 0 Å². The second-order valence-corrected chi connectivity index (χ2v) is 6.31. The molecule has 2 heterocycles. The summed E-state index contributed by atoms with van der Waals surface area (Å²) < 4.78 is 0. The number of para-hydroxylation sites is 1. The summed E-state index contributed by atoms with van der Waals surface area (Å²) in [6.07, 6.45) is 1.01. The average Bonchev–Trinajstić information content (AvgIpc) is 2.96. The van der Waals surface area contributed by atoms with E-state index in [2.05, 4.69) is 51.5 Å². The van der Waals surface area contributed by atoms with Crippen LogP contribution in [-0.4, -0.2) is 34.5 Å². The molecule has 0 amide bonds. The number of aromatic nitrogens is 2. The SMILES string of the molecule is CN1CC[C@@H](Nc2nc3ccccc3c(=O)[nH]2)[C@H]1c1ccccc1. The number of likely N-dealkylation sites (N-methyl/N-ethyl adjacent to an activating group) is 1. The van der Waals surface area contributed by atoms with E-state index in [-0.39, 0.29) is 17.6 Å². The summed E-state index contributed by atoms with van der Waals surface area (Å²) in [4.78, 5) is 22.0. The minimum absolute atomic E-state index is 0.106. The van der Waals surface area contributed by atoms with Crippen LogP contribution in [0.15, 0.2) is 59.4 Å². The molecule has 122 valence electrons. The van der Waals surface area contributed by atoms with Crippen LogP contribution in [0.25, 0.3) is 10.9 Å². The molecule has 1 aromatic heterocycles. The number of hydrogen-bond donors (Lipinski definition) is 2. The fourth-order valence-corrected chi connectivity index (χ4v) is 3.57. The van der Waals surface area contributed by atoms with Gasteiger partial charge in [0.25, 0.3) is 5.56 Å². The van der Waals surface area contributed by atoms with E-state index < -0.39 is 0 Å². The van der Waals surface area contributed by atoms with Crippen LogP contribution in [0.5, 0.6) is 0 Å². The maximum atomic E-state index is 12.2. The number of nitrogens with one attached hydrogen (secondary N) is 2. The first-order valence-corrected chi connectivity index (χ1v) is 8.23. The minimum Gasteiger partial charge on any atom is -0.351 e. The Hall–Kier alpha value is -2.66. The second kappa shape index (κ2) is 6.09. The molecule has 1 aliphatic rings. The lowest BCUT2D eigenvalue weighted by atomic mass is 10.0. The van der Waals surface area contributed by atoms with Crippen LogP contribution >= 0.6 is 0 Å². The first-order valence-electron chi connectivity index (χ1n) is 8.23. The van der Waals surface area contributed by atoms with E-state index in [9.17, 15) is 4.79 Å². The van der Waals surface area contributed by atoms with Crippen molar-refractivity contribution in [3.8, 4) is 0 Å². The van der Waals surface area contributed by atoms with E-state index >= 15 is 0 Å². The van der Waals surface area contributed by atoms with Crippen LogP contribution in [0, 0.1) is 0 Å². The van der Waals surface area contributed by atoms with Gasteiger partial charge in [-0.25, -0.2) is 4.98 Å². The number of nitrogens with zero attached hydrogens (tertiary/aromatic N) is 2. The highest BCUT2D eigenvalue weighted by Gasteiger charge is 2.33. The Morgan fingerprint density at radius 3 is 2.71 bits per heavy atom. The van der Waals surface area contributed by atoms with Gasteiger partial charge in [-0.2, -0.15) is 0 Å². The van der Waals surface area contributed by atoms with Gasteiger partial charge in [0.15, 0.2) is 0 Å². The Bertz CT molecular complexity index is 906. The van der Waals surface area contributed by atoms with Gasteiger partial charge in [-0.15, -0.1) is 0 Å². The monoisotopic (exact) mass is 320 g/mol. The Morgan fingerprint density at radius 2 is 1.88 bits per heavy atom. The molecular weight excluding hydrogens is 300 g/mol. The summed E-state index contributed by atoms with van der Waals surface area (Å²) in [7, 11) is 2.13. The molecule has 1 aliphatic heterocycles. The maximum Gasteiger partial charge on any atom is 0.260 e. The van der Waals surface area contributed by atoms with Gasteiger partial charge >= 0.3 is 0 Å². The van der Waals surface area contributed by atoms with Crippen LogP contribution < -0.4 is 10.9 Å². The molecule has 0 spiro atoms. The lowest BCUT2D eigenvalue weighted by molar-refractivity contribution is 0.309. The fourth-order valence-electron chi connectivity index (χ4n) is 3.57. The molecule has 24 heavy (non-hydrogen) atoms. The highest BCUT2D eigenvalue weighted by atomic mass is 16.1. The first-order chi connectivity index (χ1) is 11.7. The van der Waals surface area contributed by atoms with Gasteiger partial charge in [0, 0.05) is 12.6 Å². The third-order valence-corrected chi connectivity index (χ3v) is 4.72. The topological polar surface area (TPSA) is 61.0 Å². The summed E-state index contributed by atoms with van der Waals surface area (Å²) in [5, 5.41) is 4.06. The fraction of sp³-hybridized carbons (Fsp3) is 0.263. The number of rotatable bonds is 3. The average molecular weight is 320 g/mol. The van der Waals surface area contributed by atoms with Crippen molar-refractivity contribution in [2.75, 3.05) is 18.9 Å². The Balaban J connectivity index is 1.66. The molecule has 1 fully saturated rings. The molecule has 4 rings (SSSR count). The van der Waals surface area contributed by atoms with Crippen LogP contribution in [-0.2, 0) is 0 Å². The van der Waals surface area contributed by atoms with Crippen LogP contribution in [0.4, 0.5) is 5.95 Å². The maximum absolute atomic E-state index is 12.2. The Labute approximate surface area is 140 Å². The van der Waals surface area contributed by atoms with Gasteiger partial charge in [-0.3, -0.25) is 14.7 Å². The van der Waals surface area contributed by atoms with Gasteiger partial charge < -0.3 is 5.32 Å². The van der Waals surface area contributed by atoms with Crippen molar-refractivity contribution in [3.05, 3.63) is 70.5 Å². The number of fused-ring (bicyclic) bond motifs is 1. The zero-order chi connectivity index (χ0) is 16.5. The van der Waals surface area contributed by atoms with Crippen molar-refractivity contribution in [1.82, 2.24) is 14.9 Å². The summed E-state index contributed by atoms with van der Waals surface area (Å²) in [5.41, 5.74) is 1.88. The van der Waals surface area contributed by atoms with Crippen LogP contribution in [0.2, 0.25) is 0 Å². The lowest BCUT2D eigenvalue weighted by Crippen LogP contribution is -2.30. The molecular formula is C19H20N4O. The lowest BCUT2D eigenvalue weighted by Gasteiger charge is -2.26. The number of anilines is 1. The van der Waals surface area contributed by atoms with E-state index in [1.54, 1.807) is 6.07 Å². The normalized spacial score (nSPS) is 21.2. The second-order valence-electron chi connectivity index (χ2n) is 6.31. The minimum atomic E-state index is -0.106. The largest absolute Gasteiger partial charge is 0.351 e. The predicted octanol–water partition coefficient (Wildman–Crippen LogP) is 2.78. The van der Waals surface area contributed by atoms with Crippen LogP contribution in [0.1, 0.15) is 18.0 Å². The van der Waals surface area contributed by atoms with Crippen molar-refractivity contribution in [3.63, 3.8) is 0 Å². The molecule has 2 aromatic carbocycles. The quantitative estimate of drug-likeness (QED) is 0.779. The number of benzene rings is 2. The third-order valence-electron chi connectivity index (χ3n) is 4.72. The zero-order valence-electron chi connectivity index (χ0n) is 13.6. The van der Waals surface area contributed by atoms with Gasteiger partial charge in [0.05, 0.1) is 16.9 Å². The molecule has 2 N–H and O–H groups in total. The molecule has 0 aliphatic carbocycles. The highest BCUT2D eigenvalue weighted by Crippen LogP contribution is 2.32. The van der Waals surface area contributed by atoms with E-state index in [4.69, 9.17) is 0 Å². The molecule has 0 bridgehead atoms. The summed E-state index contributed by atoms with van der Waals surface area (Å²) in [5.74, 6) is 0.542. The molecule has 0 unspecified atom stereocenters. The summed E-state index contributed by atoms with van der Waals surface area (Å²) in [6, 6.07) is 18.3. The Morgan fingerprint density at radius 1 is 1.12 bits per heavy atom. The molecule has 5 nitrogen and oxygen atoms in total. The van der Waals surface area contributed by atoms with Gasteiger partial charge in [-0.05, 0) is 31.2 Å². The zero-order valence-corrected chi connectivity index (χ0v) is 13.6. The standard InChI is InChI=1S/C19H20N4O/c1-23-12-11-16(17(23)13-7-3-2-4-8-13)21-19-20-15-10-6-5-9-14(15)18(24)22-19/h2-10,16-17H,11-12H2,1H3,(H2,20,21,22,24)/t16-,17-/m1/s1. The van der Waals surface area contributed by atoms with Crippen LogP contribution in [0.3, 0.4) is 0 Å². The van der Waals surface area contributed by atoms with Crippen molar-refractivity contribution < 1.29 is 0 Å². The number of aromatic amines is 1. The van der Waals surface area contributed by atoms with Crippen molar-refractivity contribution in [2.45, 2.75) is 18.5 Å². The number of H-pyrrole nitrogens is 1. The van der Waals surface area contributed by atoms with E-state index in [1.807, 2.05) is 24.3 Å². The third kappa shape index (κ3) is 2.67. The molecule has 0 saturated carbocycles. The van der Waals surface area contributed by atoms with Crippen molar-refractivity contribution in [2.24, 2.45) is 0 Å². The van der Waals surface area contributed by atoms with Crippen molar-refractivity contribution >= 4 is 16.9 Å². The van der Waals surface area contributed by atoms with Gasteiger partial charge in [-0.1, -0.05) is 42.5 Å². The highest BCUT2D eigenvalue weighted by molar-refractivity contribution is 5.78. The predicted molar refractivity (Wildman–Crippen MR) is 96.2 cm³/mol. The van der Waals surface area contributed by atoms with E-state index in [1.165, 1.54) is 5.56 Å².